The summed E-state index contributed by atoms with van der Waals surface area (Å²) >= 11 is 0. The fraction of sp³-hybridized carbons (Fsp3) is 0.524. The molecule has 0 saturated heterocycles. The number of hydrogen-bond acceptors (Lipinski definition) is 3. The van der Waals surface area contributed by atoms with E-state index in [0.717, 1.165) is 43.4 Å². The molecule has 0 spiro atoms. The molecule has 0 bridgehead atoms. The van der Waals surface area contributed by atoms with E-state index in [-0.39, 0.29) is 11.8 Å². The Morgan fingerprint density at radius 2 is 1.93 bits per heavy atom. The van der Waals surface area contributed by atoms with E-state index in [4.69, 9.17) is 4.74 Å². The molecular formula is C21H26F3N3O2. The third-order valence-electron chi connectivity index (χ3n) is 5.35. The van der Waals surface area contributed by atoms with Crippen molar-refractivity contribution in [1.29, 1.82) is 0 Å². The predicted molar refractivity (Wildman–Crippen MR) is 102 cm³/mol. The Morgan fingerprint density at radius 3 is 2.55 bits per heavy atom. The molecule has 3 rings (SSSR count). The highest BCUT2D eigenvalue weighted by Gasteiger charge is 2.30. The van der Waals surface area contributed by atoms with E-state index >= 15 is 0 Å². The fourth-order valence-electron chi connectivity index (χ4n) is 3.70. The van der Waals surface area contributed by atoms with Crippen LogP contribution in [0.25, 0.3) is 0 Å². The summed E-state index contributed by atoms with van der Waals surface area (Å²) < 4.78 is 45.3. The van der Waals surface area contributed by atoms with Crippen LogP contribution in [0, 0.1) is 5.92 Å². The number of imidazole rings is 1. The van der Waals surface area contributed by atoms with E-state index < -0.39 is 11.7 Å². The zero-order valence-electron chi connectivity index (χ0n) is 16.5. The van der Waals surface area contributed by atoms with E-state index in [1.807, 2.05) is 4.57 Å². The van der Waals surface area contributed by atoms with Gasteiger partial charge in [-0.25, -0.2) is 4.98 Å². The Hall–Kier alpha value is -2.35. The molecule has 5 nitrogen and oxygen atoms in total. The van der Waals surface area contributed by atoms with Crippen molar-refractivity contribution in [3.05, 3.63) is 53.6 Å². The molecule has 1 fully saturated rings. The lowest BCUT2D eigenvalue weighted by molar-refractivity contribution is -0.138. The maximum atomic E-state index is 12.9. The lowest BCUT2D eigenvalue weighted by atomic mass is 10.1. The first kappa shape index (κ1) is 21.4. The topological polar surface area (TPSA) is 47.4 Å². The average Bonchev–Trinajstić information content (AvgIpc) is 3.37. The lowest BCUT2D eigenvalue weighted by Crippen LogP contribution is -2.38. The second kappa shape index (κ2) is 9.43. The maximum Gasteiger partial charge on any atom is 0.416 e. The molecule has 1 aromatic heterocycles. The number of amides is 1. The van der Waals surface area contributed by atoms with E-state index in [9.17, 15) is 18.0 Å². The Labute approximate surface area is 168 Å². The first-order valence-electron chi connectivity index (χ1n) is 9.82. The quantitative estimate of drug-likeness (QED) is 0.659. The molecule has 1 aliphatic carbocycles. The summed E-state index contributed by atoms with van der Waals surface area (Å²) in [7, 11) is 1.60. The number of nitrogens with zero attached hydrogens (tertiary/aromatic N) is 3. The first-order chi connectivity index (χ1) is 13.9. The van der Waals surface area contributed by atoms with Crippen molar-refractivity contribution in [2.45, 2.75) is 44.9 Å². The van der Waals surface area contributed by atoms with E-state index in [1.54, 1.807) is 24.4 Å². The van der Waals surface area contributed by atoms with Crippen molar-refractivity contribution in [2.75, 3.05) is 20.3 Å². The number of rotatable bonds is 8. The minimum Gasteiger partial charge on any atom is -0.383 e. The van der Waals surface area contributed by atoms with Crippen molar-refractivity contribution < 1.29 is 22.7 Å². The van der Waals surface area contributed by atoms with Gasteiger partial charge in [-0.05, 0) is 30.5 Å². The third-order valence-corrected chi connectivity index (χ3v) is 5.35. The van der Waals surface area contributed by atoms with Gasteiger partial charge in [0, 0.05) is 38.5 Å². The number of methoxy groups -OCH3 is 1. The minimum atomic E-state index is -4.35. The molecule has 0 radical (unpaired) electrons. The average molecular weight is 409 g/mol. The van der Waals surface area contributed by atoms with Gasteiger partial charge >= 0.3 is 6.18 Å². The molecule has 1 saturated carbocycles. The number of carbonyl (C=O) groups excluding carboxylic acids is 1. The highest BCUT2D eigenvalue weighted by molar-refractivity contribution is 5.79. The van der Waals surface area contributed by atoms with Gasteiger partial charge in [0.1, 0.15) is 5.82 Å². The molecule has 2 aromatic rings. The van der Waals surface area contributed by atoms with Crippen LogP contribution < -0.4 is 0 Å². The number of ether oxygens (including phenoxy) is 1. The lowest BCUT2D eigenvalue weighted by Gasteiger charge is -2.25. The molecule has 1 aromatic carbocycles. The van der Waals surface area contributed by atoms with Crippen LogP contribution in [0.4, 0.5) is 13.2 Å². The Kier molecular flexibility index (Phi) is 6.95. The molecule has 1 aliphatic rings. The number of hydrogen-bond donors (Lipinski definition) is 0. The standard InChI is InChI=1S/C21H26F3N3O2/c1-29-13-12-27(20(28)17-4-2-3-5-17)15-19-25-10-11-26(19)14-16-6-8-18(9-7-16)21(22,23)24/h6-11,17H,2-5,12-15H2,1H3. The Morgan fingerprint density at radius 1 is 1.24 bits per heavy atom. The molecule has 0 atom stereocenters. The van der Waals surface area contributed by atoms with Crippen LogP contribution >= 0.6 is 0 Å². The maximum absolute atomic E-state index is 12.9. The van der Waals surface area contributed by atoms with Gasteiger partial charge in [0.2, 0.25) is 5.91 Å². The highest BCUT2D eigenvalue weighted by atomic mass is 19.4. The normalized spacial score (nSPS) is 15.0. The summed E-state index contributed by atoms with van der Waals surface area (Å²) in [5, 5.41) is 0. The summed E-state index contributed by atoms with van der Waals surface area (Å²) in [6.07, 6.45) is 3.08. The number of halogens is 3. The van der Waals surface area contributed by atoms with Crippen LogP contribution in [0.5, 0.6) is 0 Å². The van der Waals surface area contributed by atoms with Gasteiger partial charge in [0.05, 0.1) is 18.7 Å². The summed E-state index contributed by atoms with van der Waals surface area (Å²) in [6, 6.07) is 5.11. The van der Waals surface area contributed by atoms with Crippen molar-refractivity contribution in [3.63, 3.8) is 0 Å². The number of benzene rings is 1. The van der Waals surface area contributed by atoms with Gasteiger partial charge < -0.3 is 14.2 Å². The minimum absolute atomic E-state index is 0.0604. The number of alkyl halides is 3. The van der Waals surface area contributed by atoms with Crippen LogP contribution in [-0.2, 0) is 28.8 Å². The van der Waals surface area contributed by atoms with Gasteiger partial charge in [0.15, 0.2) is 0 Å². The molecule has 8 heteroatoms. The molecule has 158 valence electrons. The second-order valence-corrected chi connectivity index (χ2v) is 7.40. The zero-order chi connectivity index (χ0) is 20.9. The van der Waals surface area contributed by atoms with Crippen LogP contribution in [0.15, 0.2) is 36.7 Å². The molecule has 0 aliphatic heterocycles. The van der Waals surface area contributed by atoms with Gasteiger partial charge in [-0.2, -0.15) is 13.2 Å². The molecule has 0 N–H and O–H groups in total. The molecule has 29 heavy (non-hydrogen) atoms. The molecule has 1 amide bonds. The summed E-state index contributed by atoms with van der Waals surface area (Å²) in [4.78, 5) is 19.1. The predicted octanol–water partition coefficient (Wildman–Crippen LogP) is 4.12. The van der Waals surface area contributed by atoms with Crippen LogP contribution in [0.1, 0.15) is 42.6 Å². The molecule has 1 heterocycles. The third kappa shape index (κ3) is 5.59. The monoisotopic (exact) mass is 409 g/mol. The fourth-order valence-corrected chi connectivity index (χ4v) is 3.70. The Bertz CT molecular complexity index is 796. The molecule has 0 unspecified atom stereocenters. The SMILES string of the molecule is COCCN(Cc1nccn1Cc1ccc(C(F)(F)F)cc1)C(=O)C1CCCC1. The largest absolute Gasteiger partial charge is 0.416 e. The smallest absolute Gasteiger partial charge is 0.383 e. The van der Waals surface area contributed by atoms with Gasteiger partial charge in [0.25, 0.3) is 0 Å². The second-order valence-electron chi connectivity index (χ2n) is 7.40. The number of carbonyl (C=O) groups is 1. The van der Waals surface area contributed by atoms with Crippen LogP contribution in [0.3, 0.4) is 0 Å². The summed E-state index contributed by atoms with van der Waals surface area (Å²) in [5.41, 5.74) is 0.0721. The Balaban J connectivity index is 1.70. The summed E-state index contributed by atoms with van der Waals surface area (Å²) in [5.74, 6) is 0.890. The van der Waals surface area contributed by atoms with Gasteiger partial charge in [-0.15, -0.1) is 0 Å². The van der Waals surface area contributed by atoms with E-state index in [1.165, 1.54) is 12.1 Å². The molecular weight excluding hydrogens is 383 g/mol. The van der Waals surface area contributed by atoms with Crippen LogP contribution in [0.2, 0.25) is 0 Å². The zero-order valence-corrected chi connectivity index (χ0v) is 16.5. The first-order valence-corrected chi connectivity index (χ1v) is 9.82. The highest BCUT2D eigenvalue weighted by Crippen LogP contribution is 2.29. The summed E-state index contributed by atoms with van der Waals surface area (Å²) in [6.45, 7) is 1.67. The van der Waals surface area contributed by atoms with Gasteiger partial charge in [-0.3, -0.25) is 4.79 Å². The van der Waals surface area contributed by atoms with E-state index in [2.05, 4.69) is 4.98 Å². The van der Waals surface area contributed by atoms with Crippen LogP contribution in [-0.4, -0.2) is 40.6 Å². The van der Waals surface area contributed by atoms with Crippen molar-refractivity contribution in [2.24, 2.45) is 5.92 Å². The van der Waals surface area contributed by atoms with E-state index in [0.29, 0.717) is 32.1 Å². The van der Waals surface area contributed by atoms with Crippen molar-refractivity contribution in [1.82, 2.24) is 14.5 Å². The number of aromatic nitrogens is 2. The van der Waals surface area contributed by atoms with Gasteiger partial charge in [-0.1, -0.05) is 25.0 Å². The van der Waals surface area contributed by atoms with Crippen molar-refractivity contribution >= 4 is 5.91 Å². The van der Waals surface area contributed by atoms with Crippen molar-refractivity contribution in [3.8, 4) is 0 Å².